The topological polar surface area (TPSA) is 68.8 Å². The van der Waals surface area contributed by atoms with E-state index in [1.807, 2.05) is 17.7 Å². The molecule has 3 heterocycles. The van der Waals surface area contributed by atoms with Gasteiger partial charge in [-0.05, 0) is 13.3 Å². The summed E-state index contributed by atoms with van der Waals surface area (Å²) in [6.45, 7) is 3.52. The van der Waals surface area contributed by atoms with E-state index in [-0.39, 0.29) is 0 Å². The van der Waals surface area contributed by atoms with Crippen molar-refractivity contribution in [1.29, 1.82) is 0 Å². The van der Waals surface area contributed by atoms with Crippen LogP contribution in [0.15, 0.2) is 16.9 Å². The van der Waals surface area contributed by atoms with Crippen LogP contribution in [-0.2, 0) is 19.5 Å². The second-order valence-corrected chi connectivity index (χ2v) is 4.40. The van der Waals surface area contributed by atoms with Gasteiger partial charge in [0.25, 0.3) is 0 Å². The van der Waals surface area contributed by atoms with Crippen LogP contribution >= 0.6 is 0 Å². The molecule has 0 bridgehead atoms. The van der Waals surface area contributed by atoms with Gasteiger partial charge in [-0.25, -0.2) is 9.67 Å². The third kappa shape index (κ3) is 2.21. The van der Waals surface area contributed by atoms with Crippen LogP contribution in [0.4, 0.5) is 0 Å². The molecule has 17 heavy (non-hydrogen) atoms. The number of hydrogen-bond acceptors (Lipinski definition) is 5. The van der Waals surface area contributed by atoms with Crippen molar-refractivity contribution in [2.24, 2.45) is 0 Å². The maximum atomic E-state index is 5.03. The maximum absolute atomic E-state index is 5.03. The van der Waals surface area contributed by atoms with Crippen LogP contribution in [0.1, 0.15) is 23.7 Å². The Hall–Kier alpha value is -1.69. The van der Waals surface area contributed by atoms with Crippen molar-refractivity contribution >= 4 is 0 Å². The standard InChI is InChI=1S/C11H15N5O/c1-8-4-10(15-17-8)5-12-9-2-3-11-13-7-14-16(11)6-9/h4,7,9,12H,2-3,5-6H2,1H3/t9-/m0/s1. The minimum Gasteiger partial charge on any atom is -0.361 e. The van der Waals surface area contributed by atoms with Crippen molar-refractivity contribution in [1.82, 2.24) is 25.2 Å². The first-order valence-electron chi connectivity index (χ1n) is 5.83. The molecule has 3 rings (SSSR count). The molecule has 0 fully saturated rings. The lowest BCUT2D eigenvalue weighted by Crippen LogP contribution is -2.37. The summed E-state index contributed by atoms with van der Waals surface area (Å²) in [6.07, 6.45) is 3.70. The molecule has 1 N–H and O–H groups in total. The number of nitrogens with one attached hydrogen (secondary N) is 1. The maximum Gasteiger partial charge on any atom is 0.138 e. The SMILES string of the molecule is Cc1cc(CN[C@H]2CCc3ncnn3C2)no1. The van der Waals surface area contributed by atoms with E-state index in [0.717, 1.165) is 43.2 Å². The molecule has 6 nitrogen and oxygen atoms in total. The van der Waals surface area contributed by atoms with E-state index in [4.69, 9.17) is 4.52 Å². The van der Waals surface area contributed by atoms with Crippen molar-refractivity contribution < 1.29 is 4.52 Å². The number of aromatic nitrogens is 4. The van der Waals surface area contributed by atoms with Gasteiger partial charge in [0.1, 0.15) is 17.9 Å². The first kappa shape index (κ1) is 10.5. The molecule has 2 aromatic rings. The highest BCUT2D eigenvalue weighted by atomic mass is 16.5. The molecule has 1 aliphatic heterocycles. The van der Waals surface area contributed by atoms with Crippen molar-refractivity contribution in [3.05, 3.63) is 29.7 Å². The molecular formula is C11H15N5O. The van der Waals surface area contributed by atoms with Crippen molar-refractivity contribution in [3.8, 4) is 0 Å². The summed E-state index contributed by atoms with van der Waals surface area (Å²) in [7, 11) is 0. The first-order valence-corrected chi connectivity index (χ1v) is 5.83. The van der Waals surface area contributed by atoms with Crippen LogP contribution in [-0.4, -0.2) is 26.0 Å². The summed E-state index contributed by atoms with van der Waals surface area (Å²) < 4.78 is 7.00. The van der Waals surface area contributed by atoms with Gasteiger partial charge in [-0.3, -0.25) is 0 Å². The Morgan fingerprint density at radius 1 is 1.59 bits per heavy atom. The number of hydrogen-bond donors (Lipinski definition) is 1. The minimum absolute atomic E-state index is 0.432. The molecule has 1 aliphatic rings. The van der Waals surface area contributed by atoms with Gasteiger partial charge in [-0.1, -0.05) is 5.16 Å². The average molecular weight is 233 g/mol. The van der Waals surface area contributed by atoms with E-state index in [2.05, 4.69) is 20.6 Å². The normalized spacial score (nSPS) is 19.2. The molecule has 0 spiro atoms. The summed E-state index contributed by atoms with van der Waals surface area (Å²) in [6, 6.07) is 2.39. The lowest BCUT2D eigenvalue weighted by molar-refractivity contribution is 0.347. The van der Waals surface area contributed by atoms with Gasteiger partial charge in [0.15, 0.2) is 0 Å². The minimum atomic E-state index is 0.432. The van der Waals surface area contributed by atoms with E-state index in [9.17, 15) is 0 Å². The quantitative estimate of drug-likeness (QED) is 0.844. The van der Waals surface area contributed by atoms with Crippen LogP contribution in [0.2, 0.25) is 0 Å². The third-order valence-electron chi connectivity index (χ3n) is 3.05. The number of fused-ring (bicyclic) bond motifs is 1. The highest BCUT2D eigenvalue weighted by molar-refractivity contribution is 5.03. The molecule has 2 aromatic heterocycles. The largest absolute Gasteiger partial charge is 0.361 e. The second kappa shape index (κ2) is 4.29. The van der Waals surface area contributed by atoms with Gasteiger partial charge in [0, 0.05) is 25.1 Å². The highest BCUT2D eigenvalue weighted by Gasteiger charge is 2.19. The Morgan fingerprint density at radius 3 is 3.35 bits per heavy atom. The smallest absolute Gasteiger partial charge is 0.138 e. The predicted octanol–water partition coefficient (Wildman–Crippen LogP) is 0.679. The van der Waals surface area contributed by atoms with Crippen molar-refractivity contribution in [2.45, 2.75) is 38.9 Å². The fraction of sp³-hybridized carbons (Fsp3) is 0.545. The summed E-state index contributed by atoms with van der Waals surface area (Å²) in [5.74, 6) is 1.93. The highest BCUT2D eigenvalue weighted by Crippen LogP contribution is 2.12. The molecule has 0 unspecified atom stereocenters. The van der Waals surface area contributed by atoms with Gasteiger partial charge in [0.05, 0.1) is 12.2 Å². The van der Waals surface area contributed by atoms with Crippen LogP contribution in [0, 0.1) is 6.92 Å². The van der Waals surface area contributed by atoms with E-state index in [0.29, 0.717) is 6.04 Å². The monoisotopic (exact) mass is 233 g/mol. The molecule has 0 aliphatic carbocycles. The molecule has 90 valence electrons. The third-order valence-corrected chi connectivity index (χ3v) is 3.05. The summed E-state index contributed by atoms with van der Waals surface area (Å²) in [4.78, 5) is 4.21. The Kier molecular flexibility index (Phi) is 2.64. The zero-order chi connectivity index (χ0) is 11.7. The lowest BCUT2D eigenvalue weighted by atomic mass is 10.1. The Labute approximate surface area is 99.0 Å². The second-order valence-electron chi connectivity index (χ2n) is 4.40. The van der Waals surface area contributed by atoms with Gasteiger partial charge in [0.2, 0.25) is 0 Å². The molecular weight excluding hydrogens is 218 g/mol. The van der Waals surface area contributed by atoms with E-state index in [1.165, 1.54) is 0 Å². The summed E-state index contributed by atoms with van der Waals surface area (Å²) in [5, 5.41) is 11.6. The van der Waals surface area contributed by atoms with Gasteiger partial charge >= 0.3 is 0 Å². The Morgan fingerprint density at radius 2 is 2.53 bits per heavy atom. The molecule has 0 saturated heterocycles. The average Bonchev–Trinajstić information content (AvgIpc) is 2.94. The van der Waals surface area contributed by atoms with Gasteiger partial charge in [-0.15, -0.1) is 0 Å². The van der Waals surface area contributed by atoms with Crippen LogP contribution in [0.25, 0.3) is 0 Å². The van der Waals surface area contributed by atoms with Crippen LogP contribution < -0.4 is 5.32 Å². The van der Waals surface area contributed by atoms with Gasteiger partial charge < -0.3 is 9.84 Å². The molecule has 0 aromatic carbocycles. The fourth-order valence-corrected chi connectivity index (χ4v) is 2.15. The number of nitrogens with zero attached hydrogens (tertiary/aromatic N) is 4. The number of aryl methyl sites for hydroxylation is 2. The van der Waals surface area contributed by atoms with Crippen LogP contribution in [0.5, 0.6) is 0 Å². The molecule has 0 saturated carbocycles. The van der Waals surface area contributed by atoms with E-state index in [1.54, 1.807) is 6.33 Å². The zero-order valence-electron chi connectivity index (χ0n) is 9.76. The lowest BCUT2D eigenvalue weighted by Gasteiger charge is -2.23. The van der Waals surface area contributed by atoms with Gasteiger partial charge in [-0.2, -0.15) is 5.10 Å². The summed E-state index contributed by atoms with van der Waals surface area (Å²) >= 11 is 0. The predicted molar refractivity (Wildman–Crippen MR) is 60.2 cm³/mol. The molecule has 1 atom stereocenters. The molecule has 0 radical (unpaired) electrons. The molecule has 6 heteroatoms. The van der Waals surface area contributed by atoms with E-state index >= 15 is 0 Å². The summed E-state index contributed by atoms with van der Waals surface area (Å²) in [5.41, 5.74) is 0.951. The first-order chi connectivity index (χ1) is 8.31. The number of rotatable bonds is 3. The van der Waals surface area contributed by atoms with Crippen molar-refractivity contribution in [3.63, 3.8) is 0 Å². The van der Waals surface area contributed by atoms with Crippen molar-refractivity contribution in [2.75, 3.05) is 0 Å². The Bertz CT molecular complexity index is 503. The zero-order valence-corrected chi connectivity index (χ0v) is 9.76. The molecule has 0 amide bonds. The van der Waals surface area contributed by atoms with Crippen LogP contribution in [0.3, 0.4) is 0 Å². The fourth-order valence-electron chi connectivity index (χ4n) is 2.15. The van der Waals surface area contributed by atoms with E-state index < -0.39 is 0 Å². The Balaban J connectivity index is 1.57.